The van der Waals surface area contributed by atoms with Crippen molar-refractivity contribution in [1.29, 1.82) is 0 Å². The SMILES string of the molecule is CN(CCc1ccc(Cl)cc1)c1ccc(N=NC2N(C)C=NN2C)cc1. The van der Waals surface area contributed by atoms with Gasteiger partial charge < -0.3 is 9.80 Å². The molecule has 0 aliphatic carbocycles. The molecule has 1 unspecified atom stereocenters. The number of likely N-dealkylation sites (N-methyl/N-ethyl adjacent to an activating group) is 1. The van der Waals surface area contributed by atoms with Crippen molar-refractivity contribution >= 4 is 29.3 Å². The molecule has 7 heteroatoms. The summed E-state index contributed by atoms with van der Waals surface area (Å²) in [6.07, 6.45) is 2.52. The molecular weight excluding hydrogens is 348 g/mol. The molecule has 0 radical (unpaired) electrons. The van der Waals surface area contributed by atoms with E-state index >= 15 is 0 Å². The molecule has 136 valence electrons. The summed E-state index contributed by atoms with van der Waals surface area (Å²) in [7, 11) is 5.89. The Morgan fingerprint density at radius 2 is 1.77 bits per heavy atom. The zero-order valence-electron chi connectivity index (χ0n) is 15.2. The van der Waals surface area contributed by atoms with Crippen LogP contribution in [0.25, 0.3) is 0 Å². The van der Waals surface area contributed by atoms with Gasteiger partial charge in [-0.1, -0.05) is 23.7 Å². The van der Waals surface area contributed by atoms with Crippen LogP contribution in [0.2, 0.25) is 5.02 Å². The molecule has 0 saturated heterocycles. The van der Waals surface area contributed by atoms with Gasteiger partial charge in [-0.25, -0.2) is 0 Å². The highest BCUT2D eigenvalue weighted by Crippen LogP contribution is 2.21. The summed E-state index contributed by atoms with van der Waals surface area (Å²) in [5.41, 5.74) is 3.25. The molecule has 3 rings (SSSR count). The molecule has 0 bridgehead atoms. The zero-order valence-corrected chi connectivity index (χ0v) is 16.0. The maximum atomic E-state index is 5.93. The van der Waals surface area contributed by atoms with E-state index in [0.29, 0.717) is 0 Å². The minimum atomic E-state index is -0.184. The molecule has 1 aliphatic heterocycles. The number of rotatable bonds is 6. The van der Waals surface area contributed by atoms with Crippen molar-refractivity contribution in [2.75, 3.05) is 32.6 Å². The zero-order chi connectivity index (χ0) is 18.5. The fourth-order valence-corrected chi connectivity index (χ4v) is 2.80. The first-order valence-corrected chi connectivity index (χ1v) is 8.86. The van der Waals surface area contributed by atoms with E-state index in [2.05, 4.69) is 51.5 Å². The van der Waals surface area contributed by atoms with Crippen LogP contribution in [-0.2, 0) is 6.42 Å². The fraction of sp³-hybridized carbons (Fsp3) is 0.316. The lowest BCUT2D eigenvalue weighted by Gasteiger charge is -2.20. The third kappa shape index (κ3) is 4.52. The number of nitrogens with zero attached hydrogens (tertiary/aromatic N) is 6. The molecule has 1 aliphatic rings. The Labute approximate surface area is 159 Å². The van der Waals surface area contributed by atoms with Gasteiger partial charge in [-0.2, -0.15) is 10.2 Å². The second kappa shape index (κ2) is 8.19. The minimum absolute atomic E-state index is 0.184. The van der Waals surface area contributed by atoms with Crippen molar-refractivity contribution in [2.45, 2.75) is 12.7 Å². The topological polar surface area (TPSA) is 46.8 Å². The van der Waals surface area contributed by atoms with Crippen molar-refractivity contribution in [1.82, 2.24) is 9.91 Å². The van der Waals surface area contributed by atoms with Crippen molar-refractivity contribution in [2.24, 2.45) is 15.3 Å². The Morgan fingerprint density at radius 3 is 2.38 bits per heavy atom. The summed E-state index contributed by atoms with van der Waals surface area (Å²) in [6.45, 7) is 0.928. The molecule has 6 nitrogen and oxygen atoms in total. The number of hydrazone groups is 1. The van der Waals surface area contributed by atoms with Crippen LogP contribution in [-0.4, -0.2) is 50.2 Å². The van der Waals surface area contributed by atoms with Crippen LogP contribution < -0.4 is 4.90 Å². The monoisotopic (exact) mass is 370 g/mol. The molecule has 0 aromatic heterocycles. The average Bonchev–Trinajstić information content (AvgIpc) is 2.97. The number of halogens is 1. The van der Waals surface area contributed by atoms with Crippen LogP contribution in [0.5, 0.6) is 0 Å². The van der Waals surface area contributed by atoms with Crippen molar-refractivity contribution < 1.29 is 0 Å². The third-order valence-electron chi connectivity index (χ3n) is 4.33. The average molecular weight is 371 g/mol. The molecule has 2 aromatic carbocycles. The normalized spacial score (nSPS) is 16.7. The van der Waals surface area contributed by atoms with Gasteiger partial charge in [0.25, 0.3) is 0 Å². The molecule has 0 saturated carbocycles. The van der Waals surface area contributed by atoms with E-state index in [1.807, 2.05) is 43.3 Å². The van der Waals surface area contributed by atoms with Gasteiger partial charge in [0, 0.05) is 38.4 Å². The van der Waals surface area contributed by atoms with Gasteiger partial charge in [-0.15, -0.1) is 5.11 Å². The number of azo groups is 1. The second-order valence-electron chi connectivity index (χ2n) is 6.35. The summed E-state index contributed by atoms with van der Waals surface area (Å²) in [5, 5.41) is 15.4. The van der Waals surface area contributed by atoms with E-state index in [-0.39, 0.29) is 6.29 Å². The summed E-state index contributed by atoms with van der Waals surface area (Å²) < 4.78 is 0. The number of hydrogen-bond donors (Lipinski definition) is 0. The molecule has 1 atom stereocenters. The molecule has 1 heterocycles. The van der Waals surface area contributed by atoms with Crippen LogP contribution in [0.1, 0.15) is 5.56 Å². The van der Waals surface area contributed by atoms with E-state index in [4.69, 9.17) is 11.6 Å². The summed E-state index contributed by atoms with van der Waals surface area (Å²) in [4.78, 5) is 4.13. The highest BCUT2D eigenvalue weighted by molar-refractivity contribution is 6.30. The maximum Gasteiger partial charge on any atom is 0.233 e. The molecule has 26 heavy (non-hydrogen) atoms. The number of anilines is 1. The highest BCUT2D eigenvalue weighted by atomic mass is 35.5. The van der Waals surface area contributed by atoms with E-state index in [0.717, 1.165) is 29.4 Å². The van der Waals surface area contributed by atoms with Crippen molar-refractivity contribution in [3.63, 3.8) is 0 Å². The Balaban J connectivity index is 1.55. The molecule has 0 fully saturated rings. The first-order chi connectivity index (χ1) is 12.5. The second-order valence-corrected chi connectivity index (χ2v) is 6.78. The van der Waals surface area contributed by atoms with Crippen LogP contribution >= 0.6 is 11.6 Å². The lowest BCUT2D eigenvalue weighted by molar-refractivity contribution is 0.183. The van der Waals surface area contributed by atoms with Gasteiger partial charge in [0.2, 0.25) is 6.29 Å². The summed E-state index contributed by atoms with van der Waals surface area (Å²) >= 11 is 5.93. The predicted octanol–water partition coefficient (Wildman–Crippen LogP) is 4.21. The lowest BCUT2D eigenvalue weighted by atomic mass is 10.1. The fourth-order valence-electron chi connectivity index (χ4n) is 2.67. The highest BCUT2D eigenvalue weighted by Gasteiger charge is 2.20. The van der Waals surface area contributed by atoms with E-state index < -0.39 is 0 Å². The van der Waals surface area contributed by atoms with Gasteiger partial charge >= 0.3 is 0 Å². The first kappa shape index (κ1) is 18.2. The van der Waals surface area contributed by atoms with E-state index in [9.17, 15) is 0 Å². The predicted molar refractivity (Wildman–Crippen MR) is 107 cm³/mol. The van der Waals surface area contributed by atoms with Gasteiger partial charge in [0.15, 0.2) is 0 Å². The van der Waals surface area contributed by atoms with Crippen LogP contribution in [0.4, 0.5) is 11.4 Å². The van der Waals surface area contributed by atoms with Crippen molar-refractivity contribution in [3.8, 4) is 0 Å². The molecule has 0 spiro atoms. The maximum absolute atomic E-state index is 5.93. The van der Waals surface area contributed by atoms with Crippen LogP contribution in [0.3, 0.4) is 0 Å². The molecule has 0 amide bonds. The molecule has 2 aromatic rings. The van der Waals surface area contributed by atoms with E-state index in [1.54, 1.807) is 11.3 Å². The lowest BCUT2D eigenvalue weighted by Crippen LogP contribution is -2.32. The smallest absolute Gasteiger partial charge is 0.233 e. The third-order valence-corrected chi connectivity index (χ3v) is 4.58. The Morgan fingerprint density at radius 1 is 1.08 bits per heavy atom. The Bertz CT molecular complexity index is 760. The van der Waals surface area contributed by atoms with E-state index in [1.165, 1.54) is 5.56 Å². The summed E-state index contributed by atoms with van der Waals surface area (Å²) in [5.74, 6) is 0. The Kier molecular flexibility index (Phi) is 5.73. The van der Waals surface area contributed by atoms with Gasteiger partial charge in [-0.3, -0.25) is 5.01 Å². The first-order valence-electron chi connectivity index (χ1n) is 8.48. The molecule has 0 N–H and O–H groups in total. The van der Waals surface area contributed by atoms with Crippen molar-refractivity contribution in [3.05, 3.63) is 59.1 Å². The minimum Gasteiger partial charge on any atom is -0.374 e. The largest absolute Gasteiger partial charge is 0.374 e. The van der Waals surface area contributed by atoms with Gasteiger partial charge in [0.1, 0.15) is 6.34 Å². The molecular formula is C19H23ClN6. The van der Waals surface area contributed by atoms with Crippen LogP contribution in [0.15, 0.2) is 63.9 Å². The Hall–Kier alpha value is -2.60. The quantitative estimate of drug-likeness (QED) is 0.716. The summed E-state index contributed by atoms with van der Waals surface area (Å²) in [6, 6.07) is 16.1. The number of hydrogen-bond acceptors (Lipinski definition) is 6. The standard InChI is InChI=1S/C19H23ClN6/c1-24(13-12-15-4-6-16(20)7-5-15)18-10-8-17(9-11-18)22-23-19-25(2)14-21-26(19)3/h4-11,14,19H,12-13H2,1-3H3. The van der Waals surface area contributed by atoms with Crippen LogP contribution in [0, 0.1) is 0 Å². The number of benzene rings is 2. The van der Waals surface area contributed by atoms with Gasteiger partial charge in [-0.05, 0) is 48.4 Å². The van der Waals surface area contributed by atoms with Gasteiger partial charge in [0.05, 0.1) is 5.69 Å².